The van der Waals surface area contributed by atoms with Crippen molar-refractivity contribution in [2.24, 2.45) is 7.05 Å². The SMILES string of the molecule is Cn1ncc(OCCCCNC[C@H]2COc3ccccc3O2)nc1=O.O=C(O)/C=C/C(=O)O. The minimum Gasteiger partial charge on any atom is -0.486 e. The van der Waals surface area contributed by atoms with Crippen molar-refractivity contribution in [3.8, 4) is 17.4 Å². The molecule has 0 spiro atoms. The predicted octanol–water partition coefficient (Wildman–Crippen LogP) is 0.476. The Morgan fingerprint density at radius 1 is 1.21 bits per heavy atom. The zero-order chi connectivity index (χ0) is 24.1. The van der Waals surface area contributed by atoms with E-state index in [1.54, 1.807) is 7.05 Å². The lowest BCUT2D eigenvalue weighted by molar-refractivity contribution is -0.134. The summed E-state index contributed by atoms with van der Waals surface area (Å²) < 4.78 is 18.1. The molecule has 12 nitrogen and oxygen atoms in total. The van der Waals surface area contributed by atoms with Gasteiger partial charge < -0.3 is 29.7 Å². The highest BCUT2D eigenvalue weighted by Crippen LogP contribution is 2.30. The molecule has 0 amide bonds. The number of carboxylic acid groups (broad SMARTS) is 2. The van der Waals surface area contributed by atoms with Crippen LogP contribution in [0, 0.1) is 0 Å². The van der Waals surface area contributed by atoms with Crippen molar-refractivity contribution in [1.29, 1.82) is 0 Å². The number of aromatic nitrogens is 3. The van der Waals surface area contributed by atoms with E-state index < -0.39 is 17.6 Å². The van der Waals surface area contributed by atoms with Gasteiger partial charge in [0.1, 0.15) is 18.9 Å². The number of hydrogen-bond acceptors (Lipinski definition) is 9. The van der Waals surface area contributed by atoms with Crippen LogP contribution in [-0.4, -0.2) is 69.3 Å². The average molecular weight is 462 g/mol. The molecule has 3 rings (SSSR count). The van der Waals surface area contributed by atoms with Crippen molar-refractivity contribution in [1.82, 2.24) is 20.1 Å². The Morgan fingerprint density at radius 3 is 2.58 bits per heavy atom. The molecule has 178 valence electrons. The maximum atomic E-state index is 11.3. The summed E-state index contributed by atoms with van der Waals surface area (Å²) in [6.07, 6.45) is 4.38. The van der Waals surface area contributed by atoms with E-state index in [4.69, 9.17) is 24.4 Å². The van der Waals surface area contributed by atoms with Gasteiger partial charge in [-0.2, -0.15) is 10.1 Å². The van der Waals surface area contributed by atoms with Crippen molar-refractivity contribution in [3.05, 3.63) is 53.1 Å². The monoisotopic (exact) mass is 462 g/mol. The smallest absolute Gasteiger partial charge is 0.366 e. The summed E-state index contributed by atoms with van der Waals surface area (Å²) >= 11 is 0. The van der Waals surface area contributed by atoms with Crippen LogP contribution in [0.25, 0.3) is 0 Å². The van der Waals surface area contributed by atoms with Gasteiger partial charge in [-0.1, -0.05) is 12.1 Å². The molecule has 3 N–H and O–H groups in total. The van der Waals surface area contributed by atoms with Crippen LogP contribution >= 0.6 is 0 Å². The fourth-order valence-corrected chi connectivity index (χ4v) is 2.55. The van der Waals surface area contributed by atoms with E-state index in [2.05, 4.69) is 15.4 Å². The summed E-state index contributed by atoms with van der Waals surface area (Å²) in [4.78, 5) is 34.2. The molecule has 1 aromatic carbocycles. The van der Waals surface area contributed by atoms with Gasteiger partial charge >= 0.3 is 17.6 Å². The van der Waals surface area contributed by atoms with Gasteiger partial charge in [-0.3, -0.25) is 0 Å². The van der Waals surface area contributed by atoms with Crippen molar-refractivity contribution >= 4 is 11.9 Å². The number of fused-ring (bicyclic) bond motifs is 1. The molecular formula is C21H26N4O8. The normalized spacial score (nSPS) is 14.3. The zero-order valence-electron chi connectivity index (χ0n) is 18.0. The number of nitrogens with one attached hydrogen (secondary N) is 1. The molecule has 0 bridgehead atoms. The van der Waals surface area contributed by atoms with Crippen molar-refractivity contribution in [3.63, 3.8) is 0 Å². The third-order valence-electron chi connectivity index (χ3n) is 4.13. The molecule has 1 aliphatic heterocycles. The predicted molar refractivity (Wildman–Crippen MR) is 116 cm³/mol. The molecule has 1 aromatic heterocycles. The maximum Gasteiger partial charge on any atom is 0.366 e. The molecule has 1 aliphatic rings. The Kier molecular flexibility index (Phi) is 10.3. The van der Waals surface area contributed by atoms with Crippen LogP contribution in [0.15, 0.2) is 47.4 Å². The molecule has 0 unspecified atom stereocenters. The van der Waals surface area contributed by atoms with Crippen LogP contribution in [0.3, 0.4) is 0 Å². The quantitative estimate of drug-likeness (QED) is 0.332. The number of hydrogen-bond donors (Lipinski definition) is 3. The Balaban J connectivity index is 0.000000414. The minimum atomic E-state index is -1.26. The van der Waals surface area contributed by atoms with Gasteiger partial charge in [0.15, 0.2) is 11.5 Å². The topological polar surface area (TPSA) is 162 Å². The van der Waals surface area contributed by atoms with Gasteiger partial charge in [0.05, 0.1) is 6.61 Å². The Hall–Kier alpha value is -3.93. The van der Waals surface area contributed by atoms with Crippen molar-refractivity contribution in [2.45, 2.75) is 18.9 Å². The van der Waals surface area contributed by atoms with E-state index in [1.807, 2.05) is 24.3 Å². The number of benzene rings is 1. The van der Waals surface area contributed by atoms with E-state index in [0.29, 0.717) is 25.4 Å². The maximum absolute atomic E-state index is 11.3. The van der Waals surface area contributed by atoms with E-state index in [0.717, 1.165) is 42.1 Å². The average Bonchev–Trinajstić information content (AvgIpc) is 2.79. The van der Waals surface area contributed by atoms with E-state index in [-0.39, 0.29) is 12.0 Å². The standard InChI is InChI=1S/C17H22N4O4.C4H4O4/c1-21-17(22)20-16(11-19-21)23-9-5-4-8-18-10-13-12-24-14-6-2-3-7-15(14)25-13;5-3(6)1-2-4(7)8/h2-3,6-7,11,13,18H,4-5,8-10,12H2,1H3;1-2H,(H,5,6)(H,7,8)/b;2-1+/t13-;/m0./s1. The van der Waals surface area contributed by atoms with Crippen LogP contribution < -0.4 is 25.2 Å². The molecule has 33 heavy (non-hydrogen) atoms. The first-order valence-corrected chi connectivity index (χ1v) is 10.1. The minimum absolute atomic E-state index is 0.0157. The summed E-state index contributed by atoms with van der Waals surface area (Å²) in [7, 11) is 1.55. The number of aliphatic carboxylic acids is 2. The number of carbonyl (C=O) groups is 2. The Bertz CT molecular complexity index is 992. The number of aryl methyl sites for hydroxylation is 1. The largest absolute Gasteiger partial charge is 0.486 e. The second-order valence-corrected chi connectivity index (χ2v) is 6.77. The van der Waals surface area contributed by atoms with E-state index >= 15 is 0 Å². The molecule has 0 fully saturated rings. The molecule has 1 atom stereocenters. The number of unbranched alkanes of at least 4 members (excludes halogenated alkanes) is 1. The van der Waals surface area contributed by atoms with Gasteiger partial charge in [0, 0.05) is 25.7 Å². The fourth-order valence-electron chi connectivity index (χ4n) is 2.55. The number of rotatable bonds is 10. The molecular weight excluding hydrogens is 436 g/mol. The molecule has 0 saturated heterocycles. The lowest BCUT2D eigenvalue weighted by Gasteiger charge is -2.26. The highest BCUT2D eigenvalue weighted by Gasteiger charge is 2.19. The lowest BCUT2D eigenvalue weighted by Crippen LogP contribution is -2.38. The summed E-state index contributed by atoms with van der Waals surface area (Å²) in [6, 6.07) is 7.69. The molecule has 0 saturated carbocycles. The first kappa shape index (κ1) is 25.3. The first-order chi connectivity index (χ1) is 15.8. The van der Waals surface area contributed by atoms with E-state index in [1.165, 1.54) is 6.20 Å². The fraction of sp³-hybridized carbons (Fsp3) is 0.381. The van der Waals surface area contributed by atoms with Crippen LogP contribution in [0.2, 0.25) is 0 Å². The molecule has 12 heteroatoms. The van der Waals surface area contributed by atoms with Gasteiger partial charge in [-0.05, 0) is 31.5 Å². The van der Waals surface area contributed by atoms with Gasteiger partial charge in [0.2, 0.25) is 5.88 Å². The number of ether oxygens (including phenoxy) is 3. The van der Waals surface area contributed by atoms with Crippen LogP contribution in [0.5, 0.6) is 17.4 Å². The third-order valence-corrected chi connectivity index (χ3v) is 4.13. The summed E-state index contributed by atoms with van der Waals surface area (Å²) in [5.74, 6) is -0.652. The zero-order valence-corrected chi connectivity index (χ0v) is 18.0. The number of para-hydroxylation sites is 2. The van der Waals surface area contributed by atoms with Crippen LogP contribution in [0.4, 0.5) is 0 Å². The van der Waals surface area contributed by atoms with Gasteiger partial charge in [-0.15, -0.1) is 0 Å². The second kappa shape index (κ2) is 13.5. The molecule has 2 heterocycles. The van der Waals surface area contributed by atoms with Crippen molar-refractivity contribution < 1.29 is 34.0 Å². The first-order valence-electron chi connectivity index (χ1n) is 10.1. The van der Waals surface area contributed by atoms with E-state index in [9.17, 15) is 14.4 Å². The summed E-state index contributed by atoms with van der Waals surface area (Å²) in [5.41, 5.74) is -0.421. The van der Waals surface area contributed by atoms with Gasteiger partial charge in [-0.25, -0.2) is 19.1 Å². The van der Waals surface area contributed by atoms with Crippen molar-refractivity contribution in [2.75, 3.05) is 26.3 Å². The van der Waals surface area contributed by atoms with Gasteiger partial charge in [0.25, 0.3) is 0 Å². The molecule has 0 radical (unpaired) electrons. The number of nitrogens with zero attached hydrogens (tertiary/aromatic N) is 3. The number of carboxylic acids is 2. The molecule has 2 aromatic rings. The Morgan fingerprint density at radius 2 is 1.91 bits per heavy atom. The second-order valence-electron chi connectivity index (χ2n) is 6.77. The third kappa shape index (κ3) is 9.82. The lowest BCUT2D eigenvalue weighted by atomic mass is 10.2. The Labute approximate surface area is 189 Å². The highest BCUT2D eigenvalue weighted by atomic mass is 16.6. The van der Waals surface area contributed by atoms with Crippen LogP contribution in [-0.2, 0) is 16.6 Å². The molecule has 0 aliphatic carbocycles. The summed E-state index contributed by atoms with van der Waals surface area (Å²) in [5, 5.41) is 22.8. The highest BCUT2D eigenvalue weighted by molar-refractivity contribution is 5.89. The summed E-state index contributed by atoms with van der Waals surface area (Å²) in [6.45, 7) is 2.64. The van der Waals surface area contributed by atoms with Crippen LogP contribution in [0.1, 0.15) is 12.8 Å².